The summed E-state index contributed by atoms with van der Waals surface area (Å²) in [5.41, 5.74) is 0.0231. The first-order valence-electron chi connectivity index (χ1n) is 24.4. The SMILES string of the molecule is COC(=O)C(CC#Cc1ccc2c(c1)[C@]1(C(=O)N2C(=O)N[C@H](C(=O)OC)C(C)C)[C@H](c2ccccc2OCCO)N2[C@H](c3ccccc3)[C@H](c3ccccc3)OC(=O)[C@H]2[C@@H]1C(=O)Nc1nc2ccccc2s1)C(=O)OC. The number of amides is 4. The Morgan fingerprint density at radius 2 is 1.45 bits per heavy atom. The molecule has 19 heteroatoms. The molecular weight excluding hydrogens is 995 g/mol. The number of carbonyl (C=O) groups is 7. The van der Waals surface area contributed by atoms with Crippen LogP contribution in [0.5, 0.6) is 5.75 Å². The first-order valence-corrected chi connectivity index (χ1v) is 25.2. The van der Waals surface area contributed by atoms with Crippen LogP contribution in [0.3, 0.4) is 0 Å². The van der Waals surface area contributed by atoms with Crippen molar-refractivity contribution in [2.24, 2.45) is 17.8 Å². The molecule has 4 heterocycles. The van der Waals surface area contributed by atoms with Gasteiger partial charge in [-0.15, -0.1) is 0 Å². The molecule has 0 saturated carbocycles. The Morgan fingerprint density at radius 1 is 0.803 bits per heavy atom. The molecule has 2 saturated heterocycles. The molecule has 3 aliphatic heterocycles. The molecule has 1 spiro atoms. The normalized spacial score (nSPS) is 21.0. The maximum absolute atomic E-state index is 16.9. The van der Waals surface area contributed by atoms with Crippen molar-refractivity contribution in [2.45, 2.75) is 56.0 Å². The first kappa shape index (κ1) is 52.4. The maximum Gasteiger partial charge on any atom is 0.329 e. The number of aliphatic hydroxyl groups excluding tert-OH is 1. The Labute approximate surface area is 441 Å². The van der Waals surface area contributed by atoms with Crippen molar-refractivity contribution >= 4 is 74.1 Å². The number of carbonyl (C=O) groups excluding carboxylic acids is 7. The number of fused-ring (bicyclic) bond motifs is 4. The van der Waals surface area contributed by atoms with Crippen LogP contribution >= 0.6 is 11.3 Å². The van der Waals surface area contributed by atoms with Crippen molar-refractivity contribution in [2.75, 3.05) is 44.8 Å². The minimum absolute atomic E-state index is 0.0250. The van der Waals surface area contributed by atoms with Gasteiger partial charge in [0, 0.05) is 17.5 Å². The van der Waals surface area contributed by atoms with Crippen molar-refractivity contribution < 1.29 is 62.4 Å². The van der Waals surface area contributed by atoms with Gasteiger partial charge in [0.2, 0.25) is 11.8 Å². The summed E-state index contributed by atoms with van der Waals surface area (Å²) in [6.45, 7) is 2.78. The Balaban J connectivity index is 1.37. The molecule has 7 atom stereocenters. The summed E-state index contributed by atoms with van der Waals surface area (Å²) in [4.78, 5) is 110. The van der Waals surface area contributed by atoms with E-state index in [0.29, 0.717) is 22.2 Å². The quantitative estimate of drug-likeness (QED) is 0.0453. The molecule has 0 aliphatic carbocycles. The third-order valence-electron chi connectivity index (χ3n) is 13.9. The zero-order valence-corrected chi connectivity index (χ0v) is 42.8. The highest BCUT2D eigenvalue weighted by Crippen LogP contribution is 2.67. The highest BCUT2D eigenvalue weighted by atomic mass is 32.1. The number of anilines is 2. The fraction of sp³-hybridized carbons (Fsp3) is 0.298. The Bertz CT molecular complexity index is 3240. The number of nitrogens with zero attached hydrogens (tertiary/aromatic N) is 3. The number of para-hydroxylation sites is 2. The number of nitrogens with one attached hydrogen (secondary N) is 2. The van der Waals surface area contributed by atoms with Gasteiger partial charge < -0.3 is 39.4 Å². The van der Waals surface area contributed by atoms with Gasteiger partial charge in [-0.05, 0) is 59.0 Å². The number of benzene rings is 5. The van der Waals surface area contributed by atoms with Crippen molar-refractivity contribution in [3.05, 3.63) is 155 Å². The molecule has 1 aromatic heterocycles. The minimum Gasteiger partial charge on any atom is -0.491 e. The predicted octanol–water partition coefficient (Wildman–Crippen LogP) is 6.58. The number of rotatable bonds is 14. The van der Waals surface area contributed by atoms with E-state index in [9.17, 15) is 19.5 Å². The number of ether oxygens (including phenoxy) is 5. The van der Waals surface area contributed by atoms with Gasteiger partial charge in [0.15, 0.2) is 11.0 Å². The van der Waals surface area contributed by atoms with Gasteiger partial charge in [-0.3, -0.25) is 28.9 Å². The molecule has 4 amide bonds. The summed E-state index contributed by atoms with van der Waals surface area (Å²) in [5, 5.41) is 16.0. The van der Waals surface area contributed by atoms with Gasteiger partial charge in [0.25, 0.3) is 0 Å². The number of aliphatic hydroxyl groups is 1. The van der Waals surface area contributed by atoms with Gasteiger partial charge >= 0.3 is 29.9 Å². The van der Waals surface area contributed by atoms with Crippen molar-refractivity contribution in [3.8, 4) is 17.6 Å². The van der Waals surface area contributed by atoms with E-state index in [1.165, 1.54) is 36.6 Å². The molecule has 76 heavy (non-hydrogen) atoms. The summed E-state index contributed by atoms with van der Waals surface area (Å²) < 4.78 is 28.4. The number of methoxy groups -OCH3 is 3. The van der Waals surface area contributed by atoms with Crippen LogP contribution in [0.2, 0.25) is 0 Å². The smallest absolute Gasteiger partial charge is 0.329 e. The number of cyclic esters (lactones) is 1. The van der Waals surface area contributed by atoms with Crippen molar-refractivity contribution in [3.63, 3.8) is 0 Å². The van der Waals surface area contributed by atoms with Gasteiger partial charge in [-0.1, -0.05) is 128 Å². The Kier molecular flexibility index (Phi) is 15.3. The van der Waals surface area contributed by atoms with Crippen LogP contribution in [-0.4, -0.2) is 103 Å². The average molecular weight is 1050 g/mol. The number of aromatic nitrogens is 1. The third-order valence-corrected chi connectivity index (χ3v) is 14.9. The molecule has 9 rings (SSSR count). The highest BCUT2D eigenvalue weighted by molar-refractivity contribution is 7.22. The number of urea groups is 1. The molecule has 6 aromatic rings. The number of thiazole rings is 1. The van der Waals surface area contributed by atoms with E-state index in [1.807, 2.05) is 65.6 Å². The summed E-state index contributed by atoms with van der Waals surface area (Å²) in [6, 6.07) is 30.5. The predicted molar refractivity (Wildman–Crippen MR) is 277 cm³/mol. The maximum atomic E-state index is 16.9. The van der Waals surface area contributed by atoms with Gasteiger partial charge in [0.05, 0.1) is 61.8 Å². The molecule has 18 nitrogen and oxygen atoms in total. The number of imide groups is 1. The molecule has 3 aliphatic rings. The number of hydrogen-bond acceptors (Lipinski definition) is 16. The molecule has 2 fully saturated rings. The van der Waals surface area contributed by atoms with E-state index >= 15 is 19.2 Å². The third kappa shape index (κ3) is 9.39. The van der Waals surface area contributed by atoms with Crippen LogP contribution in [0, 0.1) is 29.6 Å². The lowest BCUT2D eigenvalue weighted by Crippen LogP contribution is -2.57. The molecule has 0 radical (unpaired) electrons. The molecule has 390 valence electrons. The summed E-state index contributed by atoms with van der Waals surface area (Å²) in [5.74, 6) is -2.87. The summed E-state index contributed by atoms with van der Waals surface area (Å²) >= 11 is 1.17. The second kappa shape index (κ2) is 22.2. The largest absolute Gasteiger partial charge is 0.491 e. The lowest BCUT2D eigenvalue weighted by atomic mass is 9.65. The summed E-state index contributed by atoms with van der Waals surface area (Å²) in [6.07, 6.45) is -1.40. The molecule has 5 aromatic carbocycles. The Hall–Kier alpha value is -8.44. The van der Waals surface area contributed by atoms with E-state index in [1.54, 1.807) is 62.4 Å². The molecule has 3 N–H and O–H groups in total. The first-order chi connectivity index (χ1) is 36.8. The van der Waals surface area contributed by atoms with Gasteiger partial charge in [-0.2, -0.15) is 0 Å². The molecular formula is C57H53N5O13S. The van der Waals surface area contributed by atoms with Gasteiger partial charge in [0.1, 0.15) is 36.0 Å². The lowest BCUT2D eigenvalue weighted by Gasteiger charge is -2.46. The lowest BCUT2D eigenvalue weighted by molar-refractivity contribution is -0.178. The van der Waals surface area contributed by atoms with E-state index in [4.69, 9.17) is 28.7 Å². The van der Waals surface area contributed by atoms with Crippen LogP contribution in [0.4, 0.5) is 15.6 Å². The Morgan fingerprint density at radius 3 is 2.11 bits per heavy atom. The van der Waals surface area contributed by atoms with Crippen molar-refractivity contribution in [1.82, 2.24) is 15.2 Å². The van der Waals surface area contributed by atoms with Crippen LogP contribution in [0.15, 0.2) is 127 Å². The van der Waals surface area contributed by atoms with E-state index < -0.39 is 102 Å². The number of hydrogen-bond donors (Lipinski definition) is 3. The highest BCUT2D eigenvalue weighted by Gasteiger charge is 2.76. The standard InChI is InChI=1S/C57H53N5O13S/c1-32(2)44(52(67)73-5)59-56(70)61-40-28-27-33(17-16-23-37(50(65)71-3)51(66)72-4)31-38(40)57(54(61)69)43(49(64)60-55-58-39-24-13-15-26-42(39)76-55)46-53(68)75-47(35-20-10-7-11-21-35)45(34-18-8-6-9-19-34)62(46)48(57)36-22-12-14-25-41(36)74-30-29-63/h6-15,18-22,24-28,31-32,37,43-48,63H,23,29-30H2,1-5H3,(H,59,70)(H,58,60,64)/t43-,44+,45-,46-,47+,48+,57-/m1/s1. The van der Waals surface area contributed by atoms with Crippen LogP contribution in [0.1, 0.15) is 66.3 Å². The van der Waals surface area contributed by atoms with Crippen LogP contribution in [0.25, 0.3) is 10.2 Å². The van der Waals surface area contributed by atoms with Gasteiger partial charge in [-0.25, -0.2) is 19.5 Å². The summed E-state index contributed by atoms with van der Waals surface area (Å²) in [7, 11) is 3.42. The minimum atomic E-state index is -2.33. The topological polar surface area (TPSA) is 229 Å². The average Bonchev–Trinajstić information content (AvgIpc) is 4.09. The second-order valence-electron chi connectivity index (χ2n) is 18.5. The number of morpholine rings is 1. The second-order valence-corrected chi connectivity index (χ2v) is 19.6. The zero-order valence-electron chi connectivity index (χ0n) is 42.0. The zero-order chi connectivity index (χ0) is 53.8. The number of esters is 4. The molecule has 0 unspecified atom stereocenters. The van der Waals surface area contributed by atoms with E-state index in [0.717, 1.165) is 23.8 Å². The van der Waals surface area contributed by atoms with E-state index in [2.05, 4.69) is 22.5 Å². The fourth-order valence-corrected chi connectivity index (χ4v) is 11.6. The van der Waals surface area contributed by atoms with Crippen LogP contribution < -0.4 is 20.3 Å². The van der Waals surface area contributed by atoms with Crippen molar-refractivity contribution in [1.29, 1.82) is 0 Å². The molecule has 0 bridgehead atoms. The fourth-order valence-electron chi connectivity index (χ4n) is 10.7. The van der Waals surface area contributed by atoms with Crippen LogP contribution in [-0.2, 0) is 53.1 Å². The van der Waals surface area contributed by atoms with E-state index in [-0.39, 0.29) is 40.7 Å². The monoisotopic (exact) mass is 1050 g/mol.